The maximum Gasteiger partial charge on any atom is 0.280 e. The number of hydrazone groups is 1. The number of hydrogen-bond donors (Lipinski definition) is 2. The predicted octanol–water partition coefficient (Wildman–Crippen LogP) is 2.66. The summed E-state index contributed by atoms with van der Waals surface area (Å²) in [6, 6.07) is 13.7. The van der Waals surface area contributed by atoms with Crippen LogP contribution in [0, 0.1) is 0 Å². The molecule has 6 nitrogen and oxygen atoms in total. The second-order valence-corrected chi connectivity index (χ2v) is 5.80. The van der Waals surface area contributed by atoms with Crippen molar-refractivity contribution >= 4 is 34.6 Å². The number of aromatic hydroxyl groups is 1. The Morgan fingerprint density at radius 3 is 2.76 bits per heavy atom. The van der Waals surface area contributed by atoms with E-state index in [1.807, 2.05) is 0 Å². The van der Waals surface area contributed by atoms with E-state index in [1.54, 1.807) is 48.5 Å². The summed E-state index contributed by atoms with van der Waals surface area (Å²) in [4.78, 5) is 24.7. The molecule has 2 aromatic carbocycles. The normalized spacial score (nSPS) is 11.1. The molecule has 2 N–H and O–H groups in total. The van der Waals surface area contributed by atoms with Gasteiger partial charge in [0, 0.05) is 17.5 Å². The predicted molar refractivity (Wildman–Crippen MR) is 97.4 cm³/mol. The topological polar surface area (TPSA) is 83.7 Å². The van der Waals surface area contributed by atoms with Gasteiger partial charge in [-0.05, 0) is 29.8 Å². The van der Waals surface area contributed by atoms with E-state index in [4.69, 9.17) is 11.6 Å². The summed E-state index contributed by atoms with van der Waals surface area (Å²) in [5.41, 5.74) is 2.51. The van der Waals surface area contributed by atoms with Crippen LogP contribution >= 0.6 is 11.6 Å². The van der Waals surface area contributed by atoms with Crippen molar-refractivity contribution in [3.63, 3.8) is 0 Å². The van der Waals surface area contributed by atoms with E-state index in [0.29, 0.717) is 21.5 Å². The van der Waals surface area contributed by atoms with Crippen LogP contribution in [0.3, 0.4) is 0 Å². The van der Waals surface area contributed by atoms with Gasteiger partial charge in [-0.25, -0.2) is 5.43 Å². The van der Waals surface area contributed by atoms with Crippen molar-refractivity contribution in [3.8, 4) is 5.75 Å². The van der Waals surface area contributed by atoms with E-state index in [2.05, 4.69) is 10.5 Å². The smallest absolute Gasteiger partial charge is 0.280 e. The molecular weight excluding hydrogens is 342 g/mol. The highest BCUT2D eigenvalue weighted by molar-refractivity contribution is 6.30. The lowest BCUT2D eigenvalue weighted by atomic mass is 10.1. The molecule has 0 aliphatic heterocycles. The zero-order valence-corrected chi connectivity index (χ0v) is 14.0. The first-order chi connectivity index (χ1) is 12.0. The highest BCUT2D eigenvalue weighted by Crippen LogP contribution is 2.25. The Balaban J connectivity index is 1.94. The summed E-state index contributed by atoms with van der Waals surface area (Å²) in [5, 5.41) is 15.1. The van der Waals surface area contributed by atoms with Gasteiger partial charge >= 0.3 is 0 Å². The fourth-order valence-electron chi connectivity index (χ4n) is 2.49. The number of carbonyl (C=O) groups is 1. The minimum Gasteiger partial charge on any atom is -0.506 e. The van der Waals surface area contributed by atoms with E-state index in [9.17, 15) is 14.7 Å². The van der Waals surface area contributed by atoms with Crippen LogP contribution in [0.2, 0.25) is 5.02 Å². The molecule has 0 saturated heterocycles. The van der Waals surface area contributed by atoms with Gasteiger partial charge in [0.25, 0.3) is 11.5 Å². The molecule has 1 amide bonds. The average molecular weight is 356 g/mol. The van der Waals surface area contributed by atoms with Gasteiger partial charge in [0.05, 0.1) is 11.7 Å². The third-order valence-corrected chi connectivity index (χ3v) is 3.97. The maximum absolute atomic E-state index is 12.4. The molecule has 0 atom stereocenters. The van der Waals surface area contributed by atoms with E-state index >= 15 is 0 Å². The van der Waals surface area contributed by atoms with Crippen LogP contribution < -0.4 is 11.0 Å². The summed E-state index contributed by atoms with van der Waals surface area (Å²) in [7, 11) is 1.54. The van der Waals surface area contributed by atoms with Gasteiger partial charge in [-0.15, -0.1) is 0 Å². The van der Waals surface area contributed by atoms with Gasteiger partial charge < -0.3 is 9.67 Å². The maximum atomic E-state index is 12.4. The fourth-order valence-corrected chi connectivity index (χ4v) is 2.69. The highest BCUT2D eigenvalue weighted by Gasteiger charge is 2.20. The second kappa shape index (κ2) is 6.78. The first-order valence-corrected chi connectivity index (χ1v) is 7.76. The molecule has 3 aromatic rings. The number of hydrogen-bond acceptors (Lipinski definition) is 4. The lowest BCUT2D eigenvalue weighted by molar-refractivity contribution is 0.0950. The lowest BCUT2D eigenvalue weighted by Gasteiger charge is -2.10. The highest BCUT2D eigenvalue weighted by atomic mass is 35.5. The Kier molecular flexibility index (Phi) is 4.54. The van der Waals surface area contributed by atoms with Crippen LogP contribution in [-0.4, -0.2) is 21.8 Å². The van der Waals surface area contributed by atoms with E-state index in [-0.39, 0.29) is 11.3 Å². The summed E-state index contributed by atoms with van der Waals surface area (Å²) in [6.07, 6.45) is 1.40. The molecule has 0 spiro atoms. The molecule has 1 aromatic heterocycles. The quantitative estimate of drug-likeness (QED) is 0.559. The van der Waals surface area contributed by atoms with Crippen LogP contribution in [0.25, 0.3) is 10.9 Å². The molecular formula is C18H14ClN3O3. The minimum absolute atomic E-state index is 0.357. The van der Waals surface area contributed by atoms with Gasteiger partial charge in [0.1, 0.15) is 11.3 Å². The number of aryl methyl sites for hydroxylation is 1. The molecule has 126 valence electrons. The molecule has 7 heteroatoms. The SMILES string of the molecule is Cn1c(=O)c(C(=O)NN=Cc2cccc(Cl)c2)c(O)c2ccccc21. The zero-order valence-electron chi connectivity index (χ0n) is 13.2. The number of pyridine rings is 1. The van der Waals surface area contributed by atoms with Gasteiger partial charge in [0.15, 0.2) is 0 Å². The van der Waals surface area contributed by atoms with Crippen LogP contribution in [0.15, 0.2) is 58.4 Å². The van der Waals surface area contributed by atoms with Crippen molar-refractivity contribution in [1.29, 1.82) is 0 Å². The third kappa shape index (κ3) is 3.25. The number of carbonyl (C=O) groups excluding carboxylic acids is 1. The summed E-state index contributed by atoms with van der Waals surface area (Å²) >= 11 is 5.87. The largest absolute Gasteiger partial charge is 0.506 e. The number of fused-ring (bicyclic) bond motifs is 1. The Morgan fingerprint density at radius 2 is 2.00 bits per heavy atom. The first-order valence-electron chi connectivity index (χ1n) is 7.38. The number of halogens is 1. The van der Waals surface area contributed by atoms with Crippen molar-refractivity contribution in [3.05, 3.63) is 75.0 Å². The Bertz CT molecular complexity index is 1060. The average Bonchev–Trinajstić information content (AvgIpc) is 2.60. The summed E-state index contributed by atoms with van der Waals surface area (Å²) in [6.45, 7) is 0. The molecule has 0 bridgehead atoms. The minimum atomic E-state index is -0.790. The van der Waals surface area contributed by atoms with Gasteiger partial charge in [0.2, 0.25) is 0 Å². The molecule has 1 heterocycles. The van der Waals surface area contributed by atoms with Crippen molar-refractivity contribution in [2.24, 2.45) is 12.1 Å². The van der Waals surface area contributed by atoms with Crippen molar-refractivity contribution in [2.75, 3.05) is 0 Å². The van der Waals surface area contributed by atoms with Gasteiger partial charge in [-0.3, -0.25) is 9.59 Å². The van der Waals surface area contributed by atoms with Crippen molar-refractivity contribution < 1.29 is 9.90 Å². The Morgan fingerprint density at radius 1 is 1.24 bits per heavy atom. The molecule has 25 heavy (non-hydrogen) atoms. The van der Waals surface area contributed by atoms with Crippen LogP contribution in [0.5, 0.6) is 5.75 Å². The molecule has 0 radical (unpaired) electrons. The van der Waals surface area contributed by atoms with Gasteiger partial charge in [-0.2, -0.15) is 5.10 Å². The van der Waals surface area contributed by atoms with Crippen LogP contribution in [0.4, 0.5) is 0 Å². The standard InChI is InChI=1S/C18H14ClN3O3/c1-22-14-8-3-2-7-13(14)16(23)15(18(22)25)17(24)21-20-10-11-5-4-6-12(19)9-11/h2-10,23H,1H3,(H,21,24). The van der Waals surface area contributed by atoms with Gasteiger partial charge in [-0.1, -0.05) is 35.9 Å². The van der Waals surface area contributed by atoms with E-state index < -0.39 is 11.5 Å². The first kappa shape index (κ1) is 16.7. The number of nitrogens with one attached hydrogen (secondary N) is 1. The number of amides is 1. The number of benzene rings is 2. The third-order valence-electron chi connectivity index (χ3n) is 3.73. The Labute approximate surface area is 148 Å². The second-order valence-electron chi connectivity index (χ2n) is 5.36. The van der Waals surface area contributed by atoms with E-state index in [1.165, 1.54) is 17.8 Å². The lowest BCUT2D eigenvalue weighted by Crippen LogP contribution is -2.30. The molecule has 3 rings (SSSR count). The summed E-state index contributed by atoms with van der Waals surface area (Å²) in [5.74, 6) is -1.16. The van der Waals surface area contributed by atoms with Crippen LogP contribution in [0.1, 0.15) is 15.9 Å². The van der Waals surface area contributed by atoms with Crippen molar-refractivity contribution in [1.82, 2.24) is 9.99 Å². The molecule has 0 aliphatic rings. The number of rotatable bonds is 3. The Hall–Kier alpha value is -3.12. The van der Waals surface area contributed by atoms with E-state index in [0.717, 1.165) is 0 Å². The zero-order chi connectivity index (χ0) is 18.0. The monoisotopic (exact) mass is 355 g/mol. The van der Waals surface area contributed by atoms with Crippen LogP contribution in [-0.2, 0) is 7.05 Å². The molecule has 0 fully saturated rings. The van der Waals surface area contributed by atoms with Crippen molar-refractivity contribution in [2.45, 2.75) is 0 Å². The summed E-state index contributed by atoms with van der Waals surface area (Å²) < 4.78 is 1.31. The number of aromatic nitrogens is 1. The molecule has 0 unspecified atom stereocenters. The number of nitrogens with zero attached hydrogens (tertiary/aromatic N) is 2. The molecule has 0 aliphatic carbocycles. The fraction of sp³-hybridized carbons (Fsp3) is 0.0556. The molecule has 0 saturated carbocycles. The number of para-hydroxylation sites is 1.